The fraction of sp³-hybridized carbons (Fsp3) is 0.217. The predicted octanol–water partition coefficient (Wildman–Crippen LogP) is 5.05. The molecule has 10 heteroatoms. The number of rotatable bonds is 5. The predicted molar refractivity (Wildman–Crippen MR) is 129 cm³/mol. The molecule has 1 aromatic carbocycles. The molecule has 8 nitrogen and oxygen atoms in total. The first-order valence-electron chi connectivity index (χ1n) is 10.5. The van der Waals surface area contributed by atoms with Gasteiger partial charge in [-0.2, -0.15) is 0 Å². The number of anilines is 3. The van der Waals surface area contributed by atoms with Gasteiger partial charge in [0, 0.05) is 42.2 Å². The van der Waals surface area contributed by atoms with Crippen molar-refractivity contribution in [2.75, 3.05) is 28.6 Å². The second-order valence-corrected chi connectivity index (χ2v) is 8.99. The van der Waals surface area contributed by atoms with E-state index >= 15 is 0 Å². The Bertz CT molecular complexity index is 1280. The summed E-state index contributed by atoms with van der Waals surface area (Å²) >= 11 is 7.46. The number of hydrogen-bond acceptors (Lipinski definition) is 7. The van der Waals surface area contributed by atoms with Crippen molar-refractivity contribution < 1.29 is 14.0 Å². The van der Waals surface area contributed by atoms with Gasteiger partial charge in [0.15, 0.2) is 5.13 Å². The zero-order chi connectivity index (χ0) is 22.8. The molecule has 0 radical (unpaired) electrons. The largest absolute Gasteiger partial charge is 0.449 e. The molecule has 1 saturated heterocycles. The summed E-state index contributed by atoms with van der Waals surface area (Å²) in [6, 6.07) is 10.4. The Morgan fingerprint density at radius 2 is 1.91 bits per heavy atom. The van der Waals surface area contributed by atoms with E-state index in [0.29, 0.717) is 40.3 Å². The lowest BCUT2D eigenvalue weighted by Crippen LogP contribution is -2.38. The van der Waals surface area contributed by atoms with Gasteiger partial charge in [0.2, 0.25) is 11.7 Å². The number of carbonyl (C=O) groups excluding carboxylic acids is 2. The minimum absolute atomic E-state index is 0.0292. The zero-order valence-electron chi connectivity index (χ0n) is 17.5. The zero-order valence-corrected chi connectivity index (χ0v) is 19.0. The van der Waals surface area contributed by atoms with Crippen LogP contribution in [0.3, 0.4) is 0 Å². The van der Waals surface area contributed by atoms with E-state index in [0.717, 1.165) is 18.2 Å². The first-order valence-corrected chi connectivity index (χ1v) is 11.7. The van der Waals surface area contributed by atoms with E-state index in [-0.39, 0.29) is 17.6 Å². The highest BCUT2D eigenvalue weighted by atomic mass is 35.5. The fourth-order valence-corrected chi connectivity index (χ4v) is 4.69. The number of aromatic nitrogens is 2. The van der Waals surface area contributed by atoms with Gasteiger partial charge in [0.25, 0.3) is 5.91 Å². The fourth-order valence-electron chi connectivity index (χ4n) is 3.88. The molecule has 33 heavy (non-hydrogen) atoms. The lowest BCUT2D eigenvalue weighted by Gasteiger charge is -2.31. The molecule has 0 bridgehead atoms. The third-order valence-electron chi connectivity index (χ3n) is 5.57. The number of hydrogen-bond donors (Lipinski definition) is 2. The van der Waals surface area contributed by atoms with Gasteiger partial charge in [-0.25, -0.2) is 9.97 Å². The van der Waals surface area contributed by atoms with E-state index in [1.165, 1.54) is 6.20 Å². The highest BCUT2D eigenvalue weighted by Gasteiger charge is 2.29. The number of carbonyl (C=O) groups is 2. The summed E-state index contributed by atoms with van der Waals surface area (Å²) in [6.45, 7) is 1.51. The van der Waals surface area contributed by atoms with Crippen LogP contribution in [0.25, 0.3) is 11.0 Å². The average molecular weight is 482 g/mol. The van der Waals surface area contributed by atoms with Crippen molar-refractivity contribution in [2.45, 2.75) is 12.8 Å². The molecule has 3 aromatic heterocycles. The Kier molecular flexibility index (Phi) is 5.97. The van der Waals surface area contributed by atoms with Crippen LogP contribution in [0, 0.1) is 5.92 Å². The standard InChI is InChI=1S/C23H20ClN5O3S/c24-15-5-6-18(26-13-15)27-22(31)20-19(16-3-1-2-4-17(16)32-20)28-21(30)14-7-10-29(11-8-14)23-25-9-12-33-23/h1-6,9,12-14H,7-8,10-11H2,(H,28,30)(H,26,27,31). The second kappa shape index (κ2) is 9.21. The molecule has 4 heterocycles. The molecule has 0 spiro atoms. The maximum absolute atomic E-state index is 13.1. The lowest BCUT2D eigenvalue weighted by atomic mass is 9.96. The van der Waals surface area contributed by atoms with Crippen molar-refractivity contribution in [1.82, 2.24) is 9.97 Å². The molecule has 1 aliphatic heterocycles. The van der Waals surface area contributed by atoms with Gasteiger partial charge in [0.05, 0.1) is 5.02 Å². The van der Waals surface area contributed by atoms with Crippen LogP contribution in [0.2, 0.25) is 5.02 Å². The number of nitrogens with one attached hydrogen (secondary N) is 2. The summed E-state index contributed by atoms with van der Waals surface area (Å²) < 4.78 is 5.82. The topological polar surface area (TPSA) is 100 Å². The SMILES string of the molecule is O=C(Nc1ccc(Cl)cn1)c1oc2ccccc2c1NC(=O)C1CCN(c2nccs2)CC1. The van der Waals surface area contributed by atoms with Crippen LogP contribution < -0.4 is 15.5 Å². The number of para-hydroxylation sites is 1. The summed E-state index contributed by atoms with van der Waals surface area (Å²) in [5.41, 5.74) is 0.880. The molecular weight excluding hydrogens is 462 g/mol. The Morgan fingerprint density at radius 3 is 2.64 bits per heavy atom. The summed E-state index contributed by atoms with van der Waals surface area (Å²) in [4.78, 5) is 36.7. The number of pyridine rings is 1. The van der Waals surface area contributed by atoms with Crippen molar-refractivity contribution in [2.24, 2.45) is 5.92 Å². The van der Waals surface area contributed by atoms with E-state index in [2.05, 4.69) is 25.5 Å². The number of furan rings is 1. The van der Waals surface area contributed by atoms with Crippen LogP contribution in [0.5, 0.6) is 0 Å². The quantitative estimate of drug-likeness (QED) is 0.414. The van der Waals surface area contributed by atoms with Crippen molar-refractivity contribution in [1.29, 1.82) is 0 Å². The summed E-state index contributed by atoms with van der Waals surface area (Å²) in [5.74, 6) is -0.434. The van der Waals surface area contributed by atoms with Crippen molar-refractivity contribution in [3.63, 3.8) is 0 Å². The van der Waals surface area contributed by atoms with Crippen LogP contribution in [0.4, 0.5) is 16.6 Å². The molecule has 0 saturated carbocycles. The highest BCUT2D eigenvalue weighted by molar-refractivity contribution is 7.13. The molecule has 1 aliphatic rings. The minimum atomic E-state index is -0.505. The number of amides is 2. The van der Waals surface area contributed by atoms with Gasteiger partial charge in [0.1, 0.15) is 17.1 Å². The molecule has 2 N–H and O–H groups in total. The Balaban J connectivity index is 1.34. The number of thiazole rings is 1. The summed E-state index contributed by atoms with van der Waals surface area (Å²) in [6.07, 6.45) is 4.64. The van der Waals surface area contributed by atoms with Crippen molar-refractivity contribution >= 4 is 62.4 Å². The average Bonchev–Trinajstić information content (AvgIpc) is 3.50. The first-order chi connectivity index (χ1) is 16.1. The number of benzene rings is 1. The van der Waals surface area contributed by atoms with Crippen LogP contribution in [0.15, 0.2) is 58.6 Å². The number of piperidine rings is 1. The Labute approximate surface area is 198 Å². The maximum Gasteiger partial charge on any atom is 0.294 e. The maximum atomic E-state index is 13.1. The van der Waals surface area contributed by atoms with Crippen LogP contribution in [-0.4, -0.2) is 34.9 Å². The number of fused-ring (bicyclic) bond motifs is 1. The smallest absolute Gasteiger partial charge is 0.294 e. The molecule has 2 amide bonds. The van der Waals surface area contributed by atoms with E-state index in [9.17, 15) is 9.59 Å². The third kappa shape index (κ3) is 4.55. The molecule has 1 fully saturated rings. The third-order valence-corrected chi connectivity index (χ3v) is 6.63. The minimum Gasteiger partial charge on any atom is -0.449 e. The van der Waals surface area contributed by atoms with E-state index < -0.39 is 5.91 Å². The molecule has 0 aliphatic carbocycles. The van der Waals surface area contributed by atoms with Gasteiger partial charge < -0.3 is 20.0 Å². The summed E-state index contributed by atoms with van der Waals surface area (Å²) in [5, 5.41) is 9.71. The summed E-state index contributed by atoms with van der Waals surface area (Å²) in [7, 11) is 0. The van der Waals surface area contributed by atoms with Crippen molar-refractivity contribution in [3.05, 3.63) is 65.0 Å². The van der Waals surface area contributed by atoms with Gasteiger partial charge in [-0.15, -0.1) is 11.3 Å². The van der Waals surface area contributed by atoms with E-state index in [4.69, 9.17) is 16.0 Å². The molecule has 0 unspecified atom stereocenters. The van der Waals surface area contributed by atoms with Crippen molar-refractivity contribution in [3.8, 4) is 0 Å². The Hall–Kier alpha value is -3.43. The lowest BCUT2D eigenvalue weighted by molar-refractivity contribution is -0.120. The monoisotopic (exact) mass is 481 g/mol. The first kappa shape index (κ1) is 21.4. The van der Waals surface area contributed by atoms with Crippen LogP contribution >= 0.6 is 22.9 Å². The van der Waals surface area contributed by atoms with Gasteiger partial charge in [-0.1, -0.05) is 23.7 Å². The van der Waals surface area contributed by atoms with Crippen LogP contribution in [-0.2, 0) is 4.79 Å². The Morgan fingerprint density at radius 1 is 1.09 bits per heavy atom. The van der Waals surface area contributed by atoms with Gasteiger partial charge >= 0.3 is 0 Å². The molecule has 0 atom stereocenters. The number of nitrogens with zero attached hydrogens (tertiary/aromatic N) is 3. The molecular formula is C23H20ClN5O3S. The number of halogens is 1. The van der Waals surface area contributed by atoms with Gasteiger partial charge in [-0.3, -0.25) is 9.59 Å². The van der Waals surface area contributed by atoms with E-state index in [1.807, 2.05) is 23.6 Å². The van der Waals surface area contributed by atoms with E-state index in [1.54, 1.807) is 35.7 Å². The van der Waals surface area contributed by atoms with Crippen LogP contribution in [0.1, 0.15) is 23.4 Å². The second-order valence-electron chi connectivity index (χ2n) is 7.68. The molecule has 4 aromatic rings. The molecule has 5 rings (SSSR count). The normalized spacial score (nSPS) is 14.4. The van der Waals surface area contributed by atoms with Gasteiger partial charge in [-0.05, 0) is 37.1 Å². The highest BCUT2D eigenvalue weighted by Crippen LogP contribution is 2.33. The molecule has 168 valence electrons.